The van der Waals surface area contributed by atoms with Gasteiger partial charge in [-0.15, -0.1) is 0 Å². The smallest absolute Gasteiger partial charge is 0.323 e. The summed E-state index contributed by atoms with van der Waals surface area (Å²) in [4.78, 5) is 28.4. The van der Waals surface area contributed by atoms with Crippen molar-refractivity contribution in [2.75, 3.05) is 51.6 Å². The molecule has 44 heavy (non-hydrogen) atoms. The van der Waals surface area contributed by atoms with Crippen LogP contribution in [0.5, 0.6) is 17.2 Å². The van der Waals surface area contributed by atoms with Crippen molar-refractivity contribution in [1.82, 2.24) is 9.21 Å². The van der Waals surface area contributed by atoms with Crippen molar-refractivity contribution in [2.45, 2.75) is 30.9 Å². The maximum atomic E-state index is 13.7. The first-order chi connectivity index (χ1) is 21.0. The number of urea groups is 1. The monoisotopic (exact) mass is 626 g/mol. The van der Waals surface area contributed by atoms with E-state index in [2.05, 4.69) is 10.6 Å². The highest BCUT2D eigenvalue weighted by Crippen LogP contribution is 2.35. The molecular formula is C31H38N4O8S. The summed E-state index contributed by atoms with van der Waals surface area (Å²) in [6.07, 6.45) is -0.735. The van der Waals surface area contributed by atoms with Gasteiger partial charge in [-0.3, -0.25) is 4.79 Å². The number of amides is 3. The number of methoxy groups -OCH3 is 2. The molecule has 0 spiro atoms. The minimum atomic E-state index is -3.91. The number of nitrogens with one attached hydrogen (secondary N) is 2. The first-order valence-corrected chi connectivity index (χ1v) is 15.5. The van der Waals surface area contributed by atoms with Gasteiger partial charge in [0.05, 0.1) is 49.6 Å². The van der Waals surface area contributed by atoms with Crippen molar-refractivity contribution < 1.29 is 37.3 Å². The highest BCUT2D eigenvalue weighted by molar-refractivity contribution is 7.89. The summed E-state index contributed by atoms with van der Waals surface area (Å²) < 4.78 is 44.9. The van der Waals surface area contributed by atoms with E-state index in [0.29, 0.717) is 17.2 Å². The Balaban J connectivity index is 1.66. The maximum absolute atomic E-state index is 13.7. The number of aliphatic hydroxyl groups excluding tert-OH is 1. The van der Waals surface area contributed by atoms with Crippen molar-refractivity contribution in [2.24, 2.45) is 5.92 Å². The van der Waals surface area contributed by atoms with Crippen molar-refractivity contribution in [3.8, 4) is 17.2 Å². The van der Waals surface area contributed by atoms with Gasteiger partial charge in [0.2, 0.25) is 10.0 Å². The highest BCUT2D eigenvalue weighted by Gasteiger charge is 2.36. The zero-order valence-electron chi connectivity index (χ0n) is 25.3. The van der Waals surface area contributed by atoms with Gasteiger partial charge in [-0.25, -0.2) is 13.2 Å². The number of benzene rings is 3. The van der Waals surface area contributed by atoms with E-state index in [1.165, 1.54) is 35.5 Å². The lowest BCUT2D eigenvalue weighted by Gasteiger charge is -2.38. The van der Waals surface area contributed by atoms with E-state index in [4.69, 9.17) is 14.2 Å². The third-order valence-corrected chi connectivity index (χ3v) is 9.33. The molecule has 1 aliphatic heterocycles. The fraction of sp³-hybridized carbons (Fsp3) is 0.355. The van der Waals surface area contributed by atoms with Gasteiger partial charge in [-0.2, -0.15) is 4.31 Å². The van der Waals surface area contributed by atoms with Crippen molar-refractivity contribution in [1.29, 1.82) is 0 Å². The van der Waals surface area contributed by atoms with E-state index in [1.54, 1.807) is 68.6 Å². The van der Waals surface area contributed by atoms with Crippen LogP contribution in [0, 0.1) is 5.92 Å². The van der Waals surface area contributed by atoms with Crippen molar-refractivity contribution in [3.05, 3.63) is 72.3 Å². The van der Waals surface area contributed by atoms with E-state index >= 15 is 0 Å². The summed E-state index contributed by atoms with van der Waals surface area (Å²) in [5.74, 6) is 0.512. The Bertz CT molecular complexity index is 1560. The zero-order chi connectivity index (χ0) is 32.0. The van der Waals surface area contributed by atoms with E-state index in [1.807, 2.05) is 6.92 Å². The largest absolute Gasteiger partial charge is 0.497 e. The van der Waals surface area contributed by atoms with Gasteiger partial charge in [0.1, 0.15) is 17.6 Å². The Kier molecular flexibility index (Phi) is 10.3. The fourth-order valence-corrected chi connectivity index (χ4v) is 5.98. The number of sulfonamides is 1. The van der Waals surface area contributed by atoms with Crippen LogP contribution in [0.25, 0.3) is 0 Å². The lowest BCUT2D eigenvalue weighted by Crippen LogP contribution is -2.50. The van der Waals surface area contributed by atoms with Crippen LogP contribution >= 0.6 is 0 Å². The minimum Gasteiger partial charge on any atom is -0.497 e. The van der Waals surface area contributed by atoms with Gasteiger partial charge in [-0.1, -0.05) is 13.0 Å². The molecule has 3 N–H and O–H groups in total. The Morgan fingerprint density at radius 2 is 1.66 bits per heavy atom. The van der Waals surface area contributed by atoms with Gasteiger partial charge in [0.15, 0.2) is 5.75 Å². The zero-order valence-corrected chi connectivity index (χ0v) is 26.1. The molecule has 12 nitrogen and oxygen atoms in total. The maximum Gasteiger partial charge on any atom is 0.323 e. The third-order valence-electron chi connectivity index (χ3n) is 7.49. The van der Waals surface area contributed by atoms with Crippen molar-refractivity contribution >= 4 is 33.3 Å². The minimum absolute atomic E-state index is 0.0586. The molecule has 3 aromatic carbocycles. The number of carbonyl (C=O) groups excluding carboxylic acids is 2. The summed E-state index contributed by atoms with van der Waals surface area (Å²) in [6.45, 7) is 3.45. The quantitative estimate of drug-likeness (QED) is 0.307. The number of hydrogen-bond donors (Lipinski definition) is 3. The average molecular weight is 627 g/mol. The second kappa shape index (κ2) is 14.0. The molecule has 236 valence electrons. The number of carbonyl (C=O) groups is 2. The highest BCUT2D eigenvalue weighted by atomic mass is 32.2. The Morgan fingerprint density at radius 1 is 1.05 bits per heavy atom. The summed E-state index contributed by atoms with van der Waals surface area (Å²) in [5, 5.41) is 15.4. The van der Waals surface area contributed by atoms with E-state index in [0.717, 1.165) is 0 Å². The normalized spacial score (nSPS) is 17.5. The number of likely N-dealkylation sites (N-methyl/N-ethyl adjacent to an activating group) is 1. The molecule has 3 atom stereocenters. The predicted molar refractivity (Wildman–Crippen MR) is 166 cm³/mol. The molecule has 1 aliphatic rings. The molecule has 0 saturated carbocycles. The number of ether oxygens (including phenoxy) is 3. The Labute approximate surface area is 257 Å². The van der Waals surface area contributed by atoms with Gasteiger partial charge in [0, 0.05) is 25.2 Å². The number of fused-ring (bicyclic) bond motifs is 1. The molecule has 4 rings (SSSR count). The van der Waals surface area contributed by atoms with Crippen LogP contribution in [-0.4, -0.2) is 87.8 Å². The molecular weight excluding hydrogens is 588 g/mol. The Morgan fingerprint density at radius 3 is 2.25 bits per heavy atom. The average Bonchev–Trinajstić information content (AvgIpc) is 3.02. The molecule has 0 aromatic heterocycles. The molecule has 0 bridgehead atoms. The topological polar surface area (TPSA) is 147 Å². The molecule has 3 aromatic rings. The first kappa shape index (κ1) is 32.6. The van der Waals surface area contributed by atoms with E-state index < -0.39 is 28.2 Å². The fourth-order valence-electron chi connectivity index (χ4n) is 4.80. The molecule has 13 heteroatoms. The Hall–Kier alpha value is -4.33. The van der Waals surface area contributed by atoms with Crippen LogP contribution in [0.15, 0.2) is 71.6 Å². The predicted octanol–water partition coefficient (Wildman–Crippen LogP) is 3.89. The van der Waals surface area contributed by atoms with Gasteiger partial charge < -0.3 is 34.9 Å². The van der Waals surface area contributed by atoms with Gasteiger partial charge in [0.25, 0.3) is 5.91 Å². The third kappa shape index (κ3) is 7.24. The van der Waals surface area contributed by atoms with Crippen LogP contribution in [0.1, 0.15) is 24.2 Å². The molecule has 0 aliphatic carbocycles. The lowest BCUT2D eigenvalue weighted by atomic mass is 9.99. The summed E-state index contributed by atoms with van der Waals surface area (Å²) in [6, 6.07) is 16.5. The molecule has 0 fully saturated rings. The second-order valence-corrected chi connectivity index (χ2v) is 12.6. The van der Waals surface area contributed by atoms with Crippen LogP contribution in [0.3, 0.4) is 0 Å². The van der Waals surface area contributed by atoms with Crippen LogP contribution < -0.4 is 24.8 Å². The van der Waals surface area contributed by atoms with E-state index in [-0.39, 0.29) is 53.4 Å². The summed E-state index contributed by atoms with van der Waals surface area (Å²) in [7, 11) is 0.591. The SMILES string of the molecule is COc1ccc(NC(=O)Nc2cccc3c2O[C@H](CN(C)S(=O)(=O)c2ccc(OC)cc2)[C@@H](C)CN([C@@H](C)CO)C3=O)cc1. The molecule has 3 amide bonds. The van der Waals surface area contributed by atoms with Crippen LogP contribution in [-0.2, 0) is 10.0 Å². The summed E-state index contributed by atoms with van der Waals surface area (Å²) >= 11 is 0. The second-order valence-electron chi connectivity index (χ2n) is 10.6. The molecule has 0 saturated heterocycles. The van der Waals surface area contributed by atoms with Crippen molar-refractivity contribution in [3.63, 3.8) is 0 Å². The molecule has 0 radical (unpaired) electrons. The number of para-hydroxylation sites is 1. The number of rotatable bonds is 10. The van der Waals surface area contributed by atoms with Gasteiger partial charge >= 0.3 is 6.03 Å². The first-order valence-electron chi connectivity index (χ1n) is 14.0. The number of hydrogen-bond acceptors (Lipinski definition) is 8. The van der Waals surface area contributed by atoms with E-state index in [9.17, 15) is 23.1 Å². The molecule has 1 heterocycles. The standard InChI is InChI=1S/C31H38N4O8S/c1-20-17-35(21(2)19-36)30(37)26-7-6-8-27(33-31(38)32-22-9-11-23(41-4)12-10-22)29(26)43-28(20)18-34(3)44(39,40)25-15-13-24(42-5)14-16-25/h6-16,20-21,28,36H,17-19H2,1-5H3,(H2,32,33,38)/t20-,21-,28+/m0/s1. The number of nitrogens with zero attached hydrogens (tertiary/aromatic N) is 2. The van der Waals surface area contributed by atoms with Crippen LogP contribution in [0.4, 0.5) is 16.2 Å². The van der Waals surface area contributed by atoms with Crippen LogP contribution in [0.2, 0.25) is 0 Å². The summed E-state index contributed by atoms with van der Waals surface area (Å²) in [5.41, 5.74) is 0.905. The molecule has 0 unspecified atom stereocenters. The lowest BCUT2D eigenvalue weighted by molar-refractivity contribution is 0.0389. The number of anilines is 2. The van der Waals surface area contributed by atoms with Gasteiger partial charge in [-0.05, 0) is 67.6 Å². The number of aliphatic hydroxyl groups is 1.